The van der Waals surface area contributed by atoms with Crippen LogP contribution in [-0.2, 0) is 16.0 Å². The highest BCUT2D eigenvalue weighted by Crippen LogP contribution is 2.40. The number of hydrogen-bond donors (Lipinski definition) is 1. The molecule has 1 aliphatic heterocycles. The van der Waals surface area contributed by atoms with Gasteiger partial charge in [0.15, 0.2) is 5.76 Å². The lowest BCUT2D eigenvalue weighted by Gasteiger charge is -2.23. The number of hydrogen-bond acceptors (Lipinski definition) is 7. The van der Waals surface area contributed by atoms with Crippen molar-refractivity contribution < 1.29 is 24.1 Å². The van der Waals surface area contributed by atoms with Crippen LogP contribution in [0.25, 0.3) is 6.08 Å². The molecule has 0 bridgehead atoms. The molecule has 1 N–H and O–H groups in total. The molecule has 3 rings (SSSR count). The third-order valence-corrected chi connectivity index (χ3v) is 4.49. The van der Waals surface area contributed by atoms with Gasteiger partial charge in [0.2, 0.25) is 5.78 Å². The predicted octanol–water partition coefficient (Wildman–Crippen LogP) is 2.50. The molecule has 1 aromatic carbocycles. The quantitative estimate of drug-likeness (QED) is 0.665. The third kappa shape index (κ3) is 4.56. The number of ketones is 1. The zero-order valence-electron chi connectivity index (χ0n) is 16.1. The van der Waals surface area contributed by atoms with Crippen molar-refractivity contribution in [2.75, 3.05) is 40.5 Å². The lowest BCUT2D eigenvalue weighted by atomic mass is 10.0. The SMILES string of the molecule is COCCN(CCOC)Cc1c(O)ccc2c1O/C(=C/c1ccccn1)C2=O. The van der Waals surface area contributed by atoms with Crippen molar-refractivity contribution >= 4 is 11.9 Å². The van der Waals surface area contributed by atoms with Crippen LogP contribution in [0.5, 0.6) is 11.5 Å². The van der Waals surface area contributed by atoms with E-state index in [1.807, 2.05) is 6.07 Å². The van der Waals surface area contributed by atoms with Gasteiger partial charge >= 0.3 is 0 Å². The van der Waals surface area contributed by atoms with Gasteiger partial charge in [-0.3, -0.25) is 14.7 Å². The fourth-order valence-corrected chi connectivity index (χ4v) is 2.98. The van der Waals surface area contributed by atoms with Crippen molar-refractivity contribution in [3.8, 4) is 11.5 Å². The monoisotopic (exact) mass is 384 g/mol. The number of phenolic OH excluding ortho intramolecular Hbond substituents is 1. The van der Waals surface area contributed by atoms with E-state index in [0.29, 0.717) is 55.4 Å². The van der Waals surface area contributed by atoms with Crippen molar-refractivity contribution in [1.82, 2.24) is 9.88 Å². The van der Waals surface area contributed by atoms with E-state index in [4.69, 9.17) is 14.2 Å². The summed E-state index contributed by atoms with van der Waals surface area (Å²) in [4.78, 5) is 19.0. The summed E-state index contributed by atoms with van der Waals surface area (Å²) in [6.07, 6.45) is 3.26. The van der Waals surface area contributed by atoms with Crippen LogP contribution in [-0.4, -0.2) is 61.3 Å². The summed E-state index contributed by atoms with van der Waals surface area (Å²) in [7, 11) is 3.28. The first-order valence-electron chi connectivity index (χ1n) is 9.04. The molecule has 0 spiro atoms. The minimum Gasteiger partial charge on any atom is -0.507 e. The minimum absolute atomic E-state index is 0.0884. The van der Waals surface area contributed by atoms with Gasteiger partial charge < -0.3 is 19.3 Å². The summed E-state index contributed by atoms with van der Waals surface area (Å²) in [6.45, 7) is 2.82. The third-order valence-electron chi connectivity index (χ3n) is 4.49. The van der Waals surface area contributed by atoms with E-state index in [-0.39, 0.29) is 17.3 Å². The standard InChI is InChI=1S/C21H24N2O5/c1-26-11-9-23(10-12-27-2)14-17-18(24)7-6-16-20(25)19(28-21(16)17)13-15-5-3-4-8-22-15/h3-8,13,24H,9-12,14H2,1-2H3/b19-13+. The molecule has 0 radical (unpaired) electrons. The number of aromatic nitrogens is 1. The highest BCUT2D eigenvalue weighted by molar-refractivity contribution is 6.14. The molecular weight excluding hydrogens is 360 g/mol. The molecule has 0 fully saturated rings. The maximum absolute atomic E-state index is 12.7. The van der Waals surface area contributed by atoms with Crippen molar-refractivity contribution in [3.05, 3.63) is 59.1 Å². The number of ether oxygens (including phenoxy) is 3. The molecule has 0 amide bonds. The number of carbonyl (C=O) groups excluding carboxylic acids is 1. The number of Topliss-reactive ketones (excluding diaryl/α,β-unsaturated/α-hetero) is 1. The van der Waals surface area contributed by atoms with Crippen LogP contribution in [0.2, 0.25) is 0 Å². The second-order valence-corrected chi connectivity index (χ2v) is 6.40. The molecule has 0 atom stereocenters. The van der Waals surface area contributed by atoms with Crippen LogP contribution < -0.4 is 4.74 Å². The minimum atomic E-state index is -0.220. The van der Waals surface area contributed by atoms with E-state index in [1.165, 1.54) is 6.07 Å². The maximum atomic E-state index is 12.7. The van der Waals surface area contributed by atoms with E-state index < -0.39 is 0 Å². The lowest BCUT2D eigenvalue weighted by Crippen LogP contribution is -2.30. The number of methoxy groups -OCH3 is 2. The molecule has 0 unspecified atom stereocenters. The molecule has 0 saturated carbocycles. The zero-order chi connectivity index (χ0) is 19.9. The molecule has 1 aromatic heterocycles. The highest BCUT2D eigenvalue weighted by atomic mass is 16.5. The van der Waals surface area contributed by atoms with Gasteiger partial charge in [-0.2, -0.15) is 0 Å². The van der Waals surface area contributed by atoms with Crippen molar-refractivity contribution in [2.24, 2.45) is 0 Å². The van der Waals surface area contributed by atoms with E-state index in [9.17, 15) is 9.90 Å². The topological polar surface area (TPSA) is 81.1 Å². The zero-order valence-corrected chi connectivity index (χ0v) is 16.1. The van der Waals surface area contributed by atoms with Gasteiger partial charge in [0.25, 0.3) is 0 Å². The van der Waals surface area contributed by atoms with Crippen LogP contribution in [0.1, 0.15) is 21.6 Å². The summed E-state index contributed by atoms with van der Waals surface area (Å²) in [5.41, 5.74) is 1.64. The smallest absolute Gasteiger partial charge is 0.232 e. The first kappa shape index (κ1) is 20.0. The Kier molecular flexibility index (Phi) is 6.76. The van der Waals surface area contributed by atoms with E-state index >= 15 is 0 Å². The fraction of sp³-hybridized carbons (Fsp3) is 0.333. The Morgan fingerprint density at radius 2 is 1.89 bits per heavy atom. The number of rotatable bonds is 9. The Hall–Kier alpha value is -2.74. The number of pyridine rings is 1. The number of carbonyl (C=O) groups is 1. The molecule has 148 valence electrons. The second kappa shape index (κ2) is 9.45. The molecule has 28 heavy (non-hydrogen) atoms. The molecule has 0 saturated heterocycles. The van der Waals surface area contributed by atoms with Crippen molar-refractivity contribution in [2.45, 2.75) is 6.54 Å². The second-order valence-electron chi connectivity index (χ2n) is 6.40. The molecule has 7 heteroatoms. The van der Waals surface area contributed by atoms with Gasteiger partial charge in [0.1, 0.15) is 11.5 Å². The molecule has 2 heterocycles. The summed E-state index contributed by atoms with van der Waals surface area (Å²) in [5, 5.41) is 10.4. The number of nitrogens with zero attached hydrogens (tertiary/aromatic N) is 2. The Morgan fingerprint density at radius 3 is 2.54 bits per heavy atom. The van der Waals surface area contributed by atoms with Gasteiger partial charge in [-0.05, 0) is 24.3 Å². The van der Waals surface area contributed by atoms with Crippen LogP contribution in [0.3, 0.4) is 0 Å². The Bertz CT molecular complexity index is 843. The molecule has 2 aromatic rings. The first-order valence-corrected chi connectivity index (χ1v) is 9.04. The van der Waals surface area contributed by atoms with Crippen molar-refractivity contribution in [1.29, 1.82) is 0 Å². The summed E-state index contributed by atoms with van der Waals surface area (Å²) in [6, 6.07) is 8.56. The number of fused-ring (bicyclic) bond motifs is 1. The molecular formula is C21H24N2O5. The Balaban J connectivity index is 1.88. The van der Waals surface area contributed by atoms with E-state index in [2.05, 4.69) is 9.88 Å². The summed E-state index contributed by atoms with van der Waals surface area (Å²) >= 11 is 0. The average molecular weight is 384 g/mol. The van der Waals surface area contributed by atoms with Gasteiger partial charge in [-0.15, -0.1) is 0 Å². The largest absolute Gasteiger partial charge is 0.507 e. The molecule has 1 aliphatic rings. The summed E-state index contributed by atoms with van der Waals surface area (Å²) < 4.78 is 16.2. The molecule has 7 nitrogen and oxygen atoms in total. The van der Waals surface area contributed by atoms with Crippen LogP contribution in [0, 0.1) is 0 Å². The van der Waals surface area contributed by atoms with Gasteiger partial charge in [-0.25, -0.2) is 0 Å². The highest BCUT2D eigenvalue weighted by Gasteiger charge is 2.31. The fourth-order valence-electron chi connectivity index (χ4n) is 2.98. The van der Waals surface area contributed by atoms with Crippen LogP contribution in [0.15, 0.2) is 42.3 Å². The first-order chi connectivity index (χ1) is 13.6. The normalized spacial score (nSPS) is 14.5. The van der Waals surface area contributed by atoms with Crippen LogP contribution >= 0.6 is 0 Å². The van der Waals surface area contributed by atoms with E-state index in [1.54, 1.807) is 44.7 Å². The van der Waals surface area contributed by atoms with Gasteiger partial charge in [-0.1, -0.05) is 6.07 Å². The Labute approximate surface area is 164 Å². The predicted molar refractivity (Wildman–Crippen MR) is 104 cm³/mol. The summed E-state index contributed by atoms with van der Waals surface area (Å²) in [5.74, 6) is 0.459. The average Bonchev–Trinajstić information content (AvgIpc) is 3.02. The number of phenols is 1. The van der Waals surface area contributed by atoms with E-state index in [0.717, 1.165) is 0 Å². The number of allylic oxidation sites excluding steroid dienone is 1. The number of aromatic hydroxyl groups is 1. The number of benzene rings is 1. The lowest BCUT2D eigenvalue weighted by molar-refractivity contribution is 0.101. The Morgan fingerprint density at radius 1 is 1.14 bits per heavy atom. The van der Waals surface area contributed by atoms with Gasteiger partial charge in [0, 0.05) is 46.1 Å². The van der Waals surface area contributed by atoms with Crippen LogP contribution in [0.4, 0.5) is 0 Å². The van der Waals surface area contributed by atoms with Gasteiger partial charge in [0.05, 0.1) is 30.0 Å². The maximum Gasteiger partial charge on any atom is 0.232 e. The molecule has 0 aliphatic carbocycles. The van der Waals surface area contributed by atoms with Crippen molar-refractivity contribution in [3.63, 3.8) is 0 Å².